The molecule has 0 spiro atoms. The Balaban J connectivity index is 1.40. The molecule has 1 unspecified atom stereocenters. The van der Waals surface area contributed by atoms with Gasteiger partial charge in [-0.2, -0.15) is 0 Å². The number of nitrogens with one attached hydrogen (secondary N) is 1. The van der Waals surface area contributed by atoms with Crippen LogP contribution in [0.5, 0.6) is 0 Å². The number of furan rings is 1. The lowest BCUT2D eigenvalue weighted by atomic mass is 10.2. The number of nitrogens with zero attached hydrogens (tertiary/aromatic N) is 4. The van der Waals surface area contributed by atoms with Crippen molar-refractivity contribution >= 4 is 34.5 Å². The Hall–Kier alpha value is -3.39. The summed E-state index contributed by atoms with van der Waals surface area (Å²) in [5, 5.41) is 2.74. The second-order valence-electron chi connectivity index (χ2n) is 7.08. The fourth-order valence-electron chi connectivity index (χ4n) is 3.77. The number of fused-ring (bicyclic) bond motifs is 1. The minimum absolute atomic E-state index is 0.00689. The lowest BCUT2D eigenvalue weighted by Gasteiger charge is -2.19. The molecule has 4 aromatic rings. The van der Waals surface area contributed by atoms with Gasteiger partial charge in [-0.1, -0.05) is 11.6 Å². The maximum Gasteiger partial charge on any atom is 0.321 e. The van der Waals surface area contributed by atoms with Gasteiger partial charge in [0.1, 0.15) is 11.3 Å². The van der Waals surface area contributed by atoms with Crippen LogP contribution >= 0.6 is 11.6 Å². The van der Waals surface area contributed by atoms with E-state index in [0.29, 0.717) is 30.4 Å². The van der Waals surface area contributed by atoms with Gasteiger partial charge in [-0.05, 0) is 48.9 Å². The first-order valence-corrected chi connectivity index (χ1v) is 9.86. The summed E-state index contributed by atoms with van der Waals surface area (Å²) in [6.45, 7) is 1.05. The van der Waals surface area contributed by atoms with Gasteiger partial charge in [0, 0.05) is 25.0 Å². The number of amides is 2. The van der Waals surface area contributed by atoms with Gasteiger partial charge < -0.3 is 19.2 Å². The number of rotatable bonds is 3. The summed E-state index contributed by atoms with van der Waals surface area (Å²) in [7, 11) is 0. The first-order chi connectivity index (χ1) is 14.6. The number of halogens is 2. The number of likely N-dealkylation sites (tertiary alicyclic amines) is 1. The number of carbonyl (C=O) groups is 1. The maximum atomic E-state index is 13.4. The quantitative estimate of drug-likeness (QED) is 0.503. The maximum absolute atomic E-state index is 13.4. The second-order valence-corrected chi connectivity index (χ2v) is 7.48. The number of hydrogen-bond donors (Lipinski definition) is 1. The zero-order valence-electron chi connectivity index (χ0n) is 15.8. The highest BCUT2D eigenvalue weighted by atomic mass is 35.5. The van der Waals surface area contributed by atoms with Crippen LogP contribution in [0.4, 0.5) is 14.9 Å². The van der Waals surface area contributed by atoms with E-state index < -0.39 is 5.82 Å². The number of urea groups is 1. The number of hydrogen-bond acceptors (Lipinski definition) is 4. The van der Waals surface area contributed by atoms with Crippen molar-refractivity contribution in [3.05, 3.63) is 65.8 Å². The van der Waals surface area contributed by atoms with Crippen LogP contribution in [-0.4, -0.2) is 38.6 Å². The van der Waals surface area contributed by atoms with E-state index in [4.69, 9.17) is 21.0 Å². The smallest absolute Gasteiger partial charge is 0.321 e. The molecule has 4 heterocycles. The number of imidazole rings is 1. The zero-order chi connectivity index (χ0) is 20.7. The fraction of sp³-hybridized carbons (Fsp3) is 0.190. The van der Waals surface area contributed by atoms with E-state index in [2.05, 4.69) is 10.3 Å². The summed E-state index contributed by atoms with van der Waals surface area (Å²) in [4.78, 5) is 23.6. The van der Waals surface area contributed by atoms with E-state index in [9.17, 15) is 9.18 Å². The molecule has 2 amide bonds. The molecule has 5 rings (SSSR count). The minimum atomic E-state index is -0.527. The summed E-state index contributed by atoms with van der Waals surface area (Å²) in [5.74, 6) is 0.809. The molecule has 1 aromatic carbocycles. The third kappa shape index (κ3) is 3.29. The Labute approximate surface area is 176 Å². The molecule has 1 saturated heterocycles. The lowest BCUT2D eigenvalue weighted by molar-refractivity contribution is 0.221. The molecular formula is C21H17ClFN5O2. The van der Waals surface area contributed by atoms with Gasteiger partial charge in [0.15, 0.2) is 17.2 Å². The van der Waals surface area contributed by atoms with Gasteiger partial charge in [0.25, 0.3) is 0 Å². The molecular weight excluding hydrogens is 409 g/mol. The first kappa shape index (κ1) is 18.6. The largest absolute Gasteiger partial charge is 0.461 e. The van der Waals surface area contributed by atoms with Crippen LogP contribution in [0.3, 0.4) is 0 Å². The van der Waals surface area contributed by atoms with E-state index in [1.54, 1.807) is 17.4 Å². The Morgan fingerprint density at radius 2 is 2.17 bits per heavy atom. The predicted molar refractivity (Wildman–Crippen MR) is 111 cm³/mol. The van der Waals surface area contributed by atoms with Crippen LogP contribution in [0.1, 0.15) is 12.5 Å². The van der Waals surface area contributed by atoms with Crippen LogP contribution in [-0.2, 0) is 0 Å². The summed E-state index contributed by atoms with van der Waals surface area (Å²) in [6, 6.07) is 11.2. The van der Waals surface area contributed by atoms with Gasteiger partial charge in [0.05, 0.1) is 17.3 Å². The van der Waals surface area contributed by atoms with Crippen molar-refractivity contribution in [2.75, 3.05) is 18.4 Å². The average Bonchev–Trinajstić information content (AvgIpc) is 3.49. The van der Waals surface area contributed by atoms with Crippen LogP contribution in [0.2, 0.25) is 5.02 Å². The Kier molecular flexibility index (Phi) is 4.63. The molecule has 7 nitrogen and oxygen atoms in total. The van der Waals surface area contributed by atoms with Gasteiger partial charge >= 0.3 is 6.03 Å². The van der Waals surface area contributed by atoms with Crippen molar-refractivity contribution in [2.24, 2.45) is 0 Å². The Morgan fingerprint density at radius 3 is 2.97 bits per heavy atom. The SMILES string of the molecule is O=C(Nc1ccc(F)c(Cl)c1)N1CCC(n2c(-c3ccco3)nc3cccnc32)C1. The summed E-state index contributed by atoms with van der Waals surface area (Å²) in [5.41, 5.74) is 1.97. The van der Waals surface area contributed by atoms with Crippen molar-refractivity contribution in [3.8, 4) is 11.6 Å². The molecule has 0 bridgehead atoms. The lowest BCUT2D eigenvalue weighted by Crippen LogP contribution is -2.33. The molecule has 1 atom stereocenters. The summed E-state index contributed by atoms with van der Waals surface area (Å²) in [6.07, 6.45) is 4.08. The molecule has 1 aliphatic heterocycles. The van der Waals surface area contributed by atoms with E-state index >= 15 is 0 Å². The molecule has 30 heavy (non-hydrogen) atoms. The van der Waals surface area contributed by atoms with Crippen molar-refractivity contribution < 1.29 is 13.6 Å². The topological polar surface area (TPSA) is 76.2 Å². The third-order valence-corrected chi connectivity index (χ3v) is 5.47. The van der Waals surface area contributed by atoms with E-state index in [1.807, 2.05) is 28.8 Å². The number of anilines is 1. The summed E-state index contributed by atoms with van der Waals surface area (Å²) >= 11 is 5.80. The van der Waals surface area contributed by atoms with Crippen LogP contribution < -0.4 is 5.32 Å². The van der Waals surface area contributed by atoms with Crippen LogP contribution in [0, 0.1) is 5.82 Å². The number of benzene rings is 1. The number of carbonyl (C=O) groups excluding carboxylic acids is 1. The van der Waals surface area contributed by atoms with Crippen LogP contribution in [0.25, 0.3) is 22.7 Å². The molecule has 0 radical (unpaired) electrons. The average molecular weight is 426 g/mol. The van der Waals surface area contributed by atoms with Crippen molar-refractivity contribution in [2.45, 2.75) is 12.5 Å². The number of aromatic nitrogens is 3. The highest BCUT2D eigenvalue weighted by Gasteiger charge is 2.31. The predicted octanol–water partition coefficient (Wildman–Crippen LogP) is 4.96. The molecule has 1 aliphatic rings. The van der Waals surface area contributed by atoms with Gasteiger partial charge in [-0.15, -0.1) is 0 Å². The second kappa shape index (κ2) is 7.46. The molecule has 0 saturated carbocycles. The Morgan fingerprint density at radius 1 is 1.27 bits per heavy atom. The third-order valence-electron chi connectivity index (χ3n) is 5.18. The van der Waals surface area contributed by atoms with Crippen LogP contribution in [0.15, 0.2) is 59.3 Å². The Bertz CT molecular complexity index is 1220. The van der Waals surface area contributed by atoms with Crippen molar-refractivity contribution in [1.82, 2.24) is 19.4 Å². The molecule has 0 aliphatic carbocycles. The summed E-state index contributed by atoms with van der Waals surface area (Å²) < 4.78 is 21.0. The first-order valence-electron chi connectivity index (χ1n) is 9.48. The van der Waals surface area contributed by atoms with E-state index in [-0.39, 0.29) is 17.1 Å². The van der Waals surface area contributed by atoms with Crippen molar-refractivity contribution in [3.63, 3.8) is 0 Å². The minimum Gasteiger partial charge on any atom is -0.461 e. The highest BCUT2D eigenvalue weighted by Crippen LogP contribution is 2.32. The van der Waals surface area contributed by atoms with Gasteiger partial charge in [-0.3, -0.25) is 0 Å². The molecule has 1 fully saturated rings. The zero-order valence-corrected chi connectivity index (χ0v) is 16.5. The number of pyridine rings is 1. The van der Waals surface area contributed by atoms with Gasteiger partial charge in [-0.25, -0.2) is 19.2 Å². The van der Waals surface area contributed by atoms with E-state index in [1.165, 1.54) is 18.2 Å². The molecule has 9 heteroatoms. The monoisotopic (exact) mass is 425 g/mol. The molecule has 152 valence electrons. The van der Waals surface area contributed by atoms with Crippen molar-refractivity contribution in [1.29, 1.82) is 0 Å². The van der Waals surface area contributed by atoms with E-state index in [0.717, 1.165) is 17.6 Å². The highest BCUT2D eigenvalue weighted by molar-refractivity contribution is 6.31. The fourth-order valence-corrected chi connectivity index (χ4v) is 3.95. The molecule has 3 aromatic heterocycles. The normalized spacial score (nSPS) is 16.3. The van der Waals surface area contributed by atoms with Gasteiger partial charge in [0.2, 0.25) is 0 Å². The molecule has 1 N–H and O–H groups in total. The standard InChI is InChI=1S/C21H17ClFN5O2/c22-15-11-13(5-6-16(15)23)25-21(29)27-9-7-14(12-27)28-19-17(3-1-8-24-19)26-20(28)18-4-2-10-30-18/h1-6,8,10-11,14H,7,9,12H2,(H,25,29).